The van der Waals surface area contributed by atoms with Gasteiger partial charge < -0.3 is 15.2 Å². The van der Waals surface area contributed by atoms with Crippen LogP contribution in [0.15, 0.2) is 30.5 Å². The first-order chi connectivity index (χ1) is 9.76. The molecule has 1 aromatic heterocycles. The average molecular weight is 272 g/mol. The molecule has 4 nitrogen and oxygen atoms in total. The Balaban J connectivity index is 1.87. The summed E-state index contributed by atoms with van der Waals surface area (Å²) in [6, 6.07) is 8.15. The van der Waals surface area contributed by atoms with Gasteiger partial charge in [0, 0.05) is 17.6 Å². The quantitative estimate of drug-likeness (QED) is 0.933. The maximum atomic E-state index is 6.08. The first-order valence-electron chi connectivity index (χ1n) is 7.11. The van der Waals surface area contributed by atoms with E-state index in [1.807, 2.05) is 24.3 Å². The number of hydrogen-bond acceptors (Lipinski definition) is 4. The van der Waals surface area contributed by atoms with Gasteiger partial charge >= 0.3 is 0 Å². The van der Waals surface area contributed by atoms with Crippen molar-refractivity contribution < 1.29 is 9.47 Å². The van der Waals surface area contributed by atoms with E-state index in [0.717, 1.165) is 42.2 Å². The molecule has 1 saturated carbocycles. The molecule has 3 rings (SSSR count). The van der Waals surface area contributed by atoms with Crippen LogP contribution >= 0.6 is 0 Å². The van der Waals surface area contributed by atoms with Crippen molar-refractivity contribution in [3.8, 4) is 11.6 Å². The van der Waals surface area contributed by atoms with E-state index in [1.54, 1.807) is 13.3 Å². The lowest BCUT2D eigenvalue weighted by Gasteiger charge is -2.27. The van der Waals surface area contributed by atoms with Gasteiger partial charge in [-0.25, -0.2) is 4.98 Å². The Labute approximate surface area is 118 Å². The van der Waals surface area contributed by atoms with E-state index >= 15 is 0 Å². The number of hydrogen-bond donors (Lipinski definition) is 1. The minimum atomic E-state index is 0.180. The number of methoxy groups -OCH3 is 1. The molecule has 0 spiro atoms. The molecule has 0 aliphatic heterocycles. The Bertz CT molecular complexity index is 600. The highest BCUT2D eigenvalue weighted by atomic mass is 16.5. The number of ether oxygens (including phenoxy) is 2. The molecule has 0 saturated heterocycles. The number of fused-ring (bicyclic) bond motifs is 1. The number of nitrogens with two attached hydrogens (primary N) is 1. The van der Waals surface area contributed by atoms with Gasteiger partial charge in [0.25, 0.3) is 0 Å². The molecule has 1 aliphatic carbocycles. The van der Waals surface area contributed by atoms with Crippen LogP contribution in [0, 0.1) is 0 Å². The van der Waals surface area contributed by atoms with Gasteiger partial charge in [-0.15, -0.1) is 0 Å². The summed E-state index contributed by atoms with van der Waals surface area (Å²) in [7, 11) is 1.67. The molecule has 4 heteroatoms. The van der Waals surface area contributed by atoms with E-state index in [9.17, 15) is 0 Å². The lowest BCUT2D eigenvalue weighted by atomic mass is 9.93. The van der Waals surface area contributed by atoms with Gasteiger partial charge in [-0.05, 0) is 55.3 Å². The van der Waals surface area contributed by atoms with Crippen LogP contribution in [0.25, 0.3) is 10.8 Å². The lowest BCUT2D eigenvalue weighted by molar-refractivity contribution is 0.141. The SMILES string of the molecule is COc1ccc2c(OC3CCCC(N)C3)nccc2c1. The Morgan fingerprint density at radius 1 is 1.25 bits per heavy atom. The molecule has 2 atom stereocenters. The van der Waals surface area contributed by atoms with E-state index < -0.39 is 0 Å². The summed E-state index contributed by atoms with van der Waals surface area (Å²) in [5.41, 5.74) is 6.01. The fourth-order valence-electron chi connectivity index (χ4n) is 2.80. The van der Waals surface area contributed by atoms with E-state index in [1.165, 1.54) is 0 Å². The molecule has 1 aromatic carbocycles. The van der Waals surface area contributed by atoms with Crippen molar-refractivity contribution in [2.24, 2.45) is 5.73 Å². The molecule has 1 aliphatic rings. The van der Waals surface area contributed by atoms with E-state index in [-0.39, 0.29) is 12.1 Å². The van der Waals surface area contributed by atoms with Crippen molar-refractivity contribution in [2.45, 2.75) is 37.8 Å². The number of nitrogens with zero attached hydrogens (tertiary/aromatic N) is 1. The molecule has 0 radical (unpaired) electrons. The molecule has 1 heterocycles. The van der Waals surface area contributed by atoms with E-state index in [4.69, 9.17) is 15.2 Å². The second-order valence-electron chi connectivity index (χ2n) is 5.37. The van der Waals surface area contributed by atoms with E-state index in [0.29, 0.717) is 5.88 Å². The van der Waals surface area contributed by atoms with Crippen LogP contribution in [-0.2, 0) is 0 Å². The summed E-state index contributed by atoms with van der Waals surface area (Å²) in [4.78, 5) is 4.38. The summed E-state index contributed by atoms with van der Waals surface area (Å²) >= 11 is 0. The zero-order valence-corrected chi connectivity index (χ0v) is 11.7. The molecule has 20 heavy (non-hydrogen) atoms. The summed E-state index contributed by atoms with van der Waals surface area (Å²) in [5, 5.41) is 2.10. The van der Waals surface area contributed by atoms with E-state index in [2.05, 4.69) is 4.98 Å². The topological polar surface area (TPSA) is 57.4 Å². The van der Waals surface area contributed by atoms with Gasteiger partial charge in [0.1, 0.15) is 11.9 Å². The number of benzene rings is 1. The van der Waals surface area contributed by atoms with Crippen molar-refractivity contribution in [3.05, 3.63) is 30.5 Å². The summed E-state index contributed by atoms with van der Waals surface area (Å²) in [6.45, 7) is 0. The molecule has 2 N–H and O–H groups in total. The standard InChI is InChI=1S/C16H20N2O2/c1-19-13-5-6-15-11(9-13)7-8-18-16(15)20-14-4-2-3-12(17)10-14/h5-9,12,14H,2-4,10,17H2,1H3. The molecule has 2 aromatic rings. The van der Waals surface area contributed by atoms with Gasteiger partial charge in [-0.2, -0.15) is 0 Å². The van der Waals surface area contributed by atoms with Gasteiger partial charge in [0.15, 0.2) is 0 Å². The molecule has 106 valence electrons. The van der Waals surface area contributed by atoms with Gasteiger partial charge in [-0.3, -0.25) is 0 Å². The van der Waals surface area contributed by atoms with Crippen molar-refractivity contribution >= 4 is 10.8 Å². The van der Waals surface area contributed by atoms with Crippen molar-refractivity contribution in [2.75, 3.05) is 7.11 Å². The monoisotopic (exact) mass is 272 g/mol. The average Bonchev–Trinajstić information content (AvgIpc) is 2.47. The number of aromatic nitrogens is 1. The third kappa shape index (κ3) is 2.70. The van der Waals surface area contributed by atoms with Gasteiger partial charge in [0.2, 0.25) is 5.88 Å². The maximum absolute atomic E-state index is 6.08. The minimum absolute atomic E-state index is 0.180. The Morgan fingerprint density at radius 2 is 2.15 bits per heavy atom. The Kier molecular flexibility index (Phi) is 3.74. The zero-order chi connectivity index (χ0) is 13.9. The predicted molar refractivity (Wildman–Crippen MR) is 79.2 cm³/mol. The summed E-state index contributed by atoms with van der Waals surface area (Å²) < 4.78 is 11.3. The fraction of sp³-hybridized carbons (Fsp3) is 0.438. The second kappa shape index (κ2) is 5.67. The van der Waals surface area contributed by atoms with Crippen molar-refractivity contribution in [1.29, 1.82) is 0 Å². The number of rotatable bonds is 3. The third-order valence-corrected chi connectivity index (χ3v) is 3.88. The van der Waals surface area contributed by atoms with Crippen LogP contribution in [0.2, 0.25) is 0 Å². The lowest BCUT2D eigenvalue weighted by Crippen LogP contribution is -2.33. The first kappa shape index (κ1) is 13.2. The molecular formula is C16H20N2O2. The Hall–Kier alpha value is -1.81. The maximum Gasteiger partial charge on any atom is 0.221 e. The molecule has 0 amide bonds. The highest BCUT2D eigenvalue weighted by Crippen LogP contribution is 2.29. The summed E-state index contributed by atoms with van der Waals surface area (Å²) in [5.74, 6) is 1.54. The van der Waals surface area contributed by atoms with Crippen LogP contribution in [-0.4, -0.2) is 24.2 Å². The van der Waals surface area contributed by atoms with Crippen LogP contribution in [0.1, 0.15) is 25.7 Å². The smallest absolute Gasteiger partial charge is 0.221 e. The summed E-state index contributed by atoms with van der Waals surface area (Å²) in [6.07, 6.45) is 6.15. The molecule has 1 fully saturated rings. The van der Waals surface area contributed by atoms with Gasteiger partial charge in [0.05, 0.1) is 7.11 Å². The first-order valence-corrected chi connectivity index (χ1v) is 7.11. The highest BCUT2D eigenvalue weighted by molar-refractivity contribution is 5.87. The zero-order valence-electron chi connectivity index (χ0n) is 11.7. The van der Waals surface area contributed by atoms with Gasteiger partial charge in [-0.1, -0.05) is 0 Å². The Morgan fingerprint density at radius 3 is 2.95 bits per heavy atom. The van der Waals surface area contributed by atoms with Crippen molar-refractivity contribution in [1.82, 2.24) is 4.98 Å². The second-order valence-corrected chi connectivity index (χ2v) is 5.37. The predicted octanol–water partition coefficient (Wildman–Crippen LogP) is 2.89. The van der Waals surface area contributed by atoms with Crippen LogP contribution in [0.4, 0.5) is 0 Å². The minimum Gasteiger partial charge on any atom is -0.497 e. The fourth-order valence-corrected chi connectivity index (χ4v) is 2.80. The molecular weight excluding hydrogens is 252 g/mol. The van der Waals surface area contributed by atoms with Crippen molar-refractivity contribution in [3.63, 3.8) is 0 Å². The third-order valence-electron chi connectivity index (χ3n) is 3.88. The highest BCUT2D eigenvalue weighted by Gasteiger charge is 2.21. The molecule has 2 unspecified atom stereocenters. The number of pyridine rings is 1. The molecule has 0 bridgehead atoms. The largest absolute Gasteiger partial charge is 0.497 e. The van der Waals surface area contributed by atoms with Crippen LogP contribution < -0.4 is 15.2 Å². The van der Waals surface area contributed by atoms with Crippen LogP contribution in [0.3, 0.4) is 0 Å². The normalized spacial score (nSPS) is 22.7. The van der Waals surface area contributed by atoms with Crippen LogP contribution in [0.5, 0.6) is 11.6 Å².